The molecule has 0 nitrogen and oxygen atoms in total. The summed E-state index contributed by atoms with van der Waals surface area (Å²) in [5.41, 5.74) is 5.04. The van der Waals surface area contributed by atoms with E-state index in [4.69, 9.17) is 0 Å². The van der Waals surface area contributed by atoms with Crippen molar-refractivity contribution in [1.82, 2.24) is 0 Å². The highest BCUT2D eigenvalue weighted by atomic mass is 79.9. The van der Waals surface area contributed by atoms with Crippen LogP contribution < -0.4 is 0 Å². The van der Waals surface area contributed by atoms with Crippen LogP contribution in [-0.4, -0.2) is 0 Å². The zero-order valence-corrected chi connectivity index (χ0v) is 11.5. The largest absolute Gasteiger partial charge is 0.0949 e. The second kappa shape index (κ2) is 4.58. The van der Waals surface area contributed by atoms with Gasteiger partial charge in [0.2, 0.25) is 0 Å². The van der Waals surface area contributed by atoms with Gasteiger partial charge in [0.15, 0.2) is 0 Å². The smallest absolute Gasteiger partial charge is 0.0340 e. The second-order valence-corrected chi connectivity index (χ2v) is 5.44. The molecule has 18 heavy (non-hydrogen) atoms. The maximum Gasteiger partial charge on any atom is 0.0340 e. The van der Waals surface area contributed by atoms with Crippen LogP contribution in [0.3, 0.4) is 0 Å². The lowest BCUT2D eigenvalue weighted by Crippen LogP contribution is -2.07. The van der Waals surface area contributed by atoms with Crippen LogP contribution in [0.2, 0.25) is 0 Å². The summed E-state index contributed by atoms with van der Waals surface area (Å²) in [6, 6.07) is 17.0. The van der Waals surface area contributed by atoms with Crippen LogP contribution in [0, 0.1) is 0 Å². The van der Waals surface area contributed by atoms with Crippen LogP contribution in [0.1, 0.15) is 22.6 Å². The van der Waals surface area contributed by atoms with E-state index in [9.17, 15) is 0 Å². The van der Waals surface area contributed by atoms with Gasteiger partial charge in [0.1, 0.15) is 0 Å². The summed E-state index contributed by atoms with van der Waals surface area (Å²) in [6.07, 6.45) is 4.26. The van der Waals surface area contributed by atoms with Gasteiger partial charge >= 0.3 is 0 Å². The Kier molecular flexibility index (Phi) is 2.92. The van der Waals surface area contributed by atoms with Crippen molar-refractivity contribution in [2.24, 2.45) is 0 Å². The van der Waals surface area contributed by atoms with Crippen molar-refractivity contribution in [2.45, 2.75) is 5.92 Å². The summed E-state index contributed by atoms with van der Waals surface area (Å²) in [5.74, 6) is 0.267. The maximum atomic E-state index is 4.20. The van der Waals surface area contributed by atoms with Crippen molar-refractivity contribution >= 4 is 22.0 Å². The minimum absolute atomic E-state index is 0.267. The van der Waals surface area contributed by atoms with Crippen molar-refractivity contribution in [3.8, 4) is 0 Å². The molecule has 0 aromatic heterocycles. The molecule has 1 heteroatoms. The van der Waals surface area contributed by atoms with E-state index in [1.165, 1.54) is 16.7 Å². The van der Waals surface area contributed by atoms with Crippen molar-refractivity contribution < 1.29 is 0 Å². The molecule has 1 aliphatic carbocycles. The van der Waals surface area contributed by atoms with E-state index in [0.717, 1.165) is 10.0 Å². The lowest BCUT2D eigenvalue weighted by atomic mass is 9.80. The first kappa shape index (κ1) is 11.5. The Bertz CT molecular complexity index is 623. The molecular weight excluding hydrogens is 284 g/mol. The summed E-state index contributed by atoms with van der Waals surface area (Å²) in [6.45, 7) is 4.20. The van der Waals surface area contributed by atoms with Crippen molar-refractivity contribution in [3.05, 3.63) is 87.9 Å². The maximum absolute atomic E-state index is 4.20. The first-order valence-electron chi connectivity index (χ1n) is 5.97. The summed E-state index contributed by atoms with van der Waals surface area (Å²) < 4.78 is 1.12. The number of hydrogen-bond acceptors (Lipinski definition) is 0. The third-order valence-electron chi connectivity index (χ3n) is 3.34. The quantitative estimate of drug-likeness (QED) is 0.681. The molecule has 0 heterocycles. The second-order valence-electron chi connectivity index (χ2n) is 4.53. The van der Waals surface area contributed by atoms with E-state index in [2.05, 4.69) is 77.1 Å². The average molecular weight is 297 g/mol. The molecule has 0 bridgehead atoms. The molecule has 3 rings (SSSR count). The zero-order valence-electron chi connectivity index (χ0n) is 9.94. The van der Waals surface area contributed by atoms with Crippen LogP contribution in [0.25, 0.3) is 6.08 Å². The molecule has 0 unspecified atom stereocenters. The van der Waals surface area contributed by atoms with Gasteiger partial charge in [0, 0.05) is 10.4 Å². The highest BCUT2D eigenvalue weighted by Crippen LogP contribution is 2.38. The third kappa shape index (κ3) is 1.95. The molecule has 0 N–H and O–H groups in total. The number of benzene rings is 2. The molecule has 0 radical (unpaired) electrons. The van der Waals surface area contributed by atoms with Gasteiger partial charge in [-0.2, -0.15) is 0 Å². The lowest BCUT2D eigenvalue weighted by molar-refractivity contribution is 0.968. The number of fused-ring (bicyclic) bond motifs is 1. The van der Waals surface area contributed by atoms with Crippen LogP contribution in [0.5, 0.6) is 0 Å². The predicted octanol–water partition coefficient (Wildman–Crippen LogP) is 5.16. The van der Waals surface area contributed by atoms with Crippen molar-refractivity contribution in [3.63, 3.8) is 0 Å². The fourth-order valence-electron chi connectivity index (χ4n) is 2.48. The molecule has 0 saturated carbocycles. The number of hydrogen-bond donors (Lipinski definition) is 0. The van der Waals surface area contributed by atoms with Crippen molar-refractivity contribution in [2.75, 3.05) is 0 Å². The lowest BCUT2D eigenvalue weighted by Gasteiger charge is -2.24. The molecule has 88 valence electrons. The minimum atomic E-state index is 0.267. The minimum Gasteiger partial charge on any atom is -0.0949 e. The summed E-state index contributed by atoms with van der Waals surface area (Å²) in [5, 5.41) is 0. The molecule has 1 atom stereocenters. The molecule has 0 saturated heterocycles. The van der Waals surface area contributed by atoms with E-state index < -0.39 is 0 Å². The first-order chi connectivity index (χ1) is 8.75. The summed E-state index contributed by atoms with van der Waals surface area (Å²) in [4.78, 5) is 0. The molecule has 0 spiro atoms. The van der Waals surface area contributed by atoms with Gasteiger partial charge in [0.05, 0.1) is 0 Å². The van der Waals surface area contributed by atoms with E-state index in [-0.39, 0.29) is 5.92 Å². The van der Waals surface area contributed by atoms with E-state index in [1.54, 1.807) is 0 Å². The Morgan fingerprint density at radius 2 is 1.72 bits per heavy atom. The van der Waals surface area contributed by atoms with Crippen LogP contribution in [0.4, 0.5) is 0 Å². The Labute approximate surface area is 116 Å². The van der Waals surface area contributed by atoms with Crippen LogP contribution in [-0.2, 0) is 0 Å². The highest BCUT2D eigenvalue weighted by molar-refractivity contribution is 9.10. The van der Waals surface area contributed by atoms with Crippen molar-refractivity contribution in [1.29, 1.82) is 0 Å². The third-order valence-corrected chi connectivity index (χ3v) is 3.83. The van der Waals surface area contributed by atoms with E-state index in [1.807, 2.05) is 6.07 Å². The Morgan fingerprint density at radius 1 is 0.944 bits per heavy atom. The number of allylic oxidation sites excluding steroid dienone is 2. The molecule has 2 aromatic rings. The monoisotopic (exact) mass is 296 g/mol. The summed E-state index contributed by atoms with van der Waals surface area (Å²) in [7, 11) is 0. The molecular formula is C17H13Br. The predicted molar refractivity (Wildman–Crippen MR) is 80.6 cm³/mol. The zero-order chi connectivity index (χ0) is 12.5. The Balaban J connectivity index is 2.19. The highest BCUT2D eigenvalue weighted by Gasteiger charge is 2.21. The normalized spacial score (nSPS) is 17.6. The van der Waals surface area contributed by atoms with E-state index >= 15 is 0 Å². The fourth-order valence-corrected chi connectivity index (χ4v) is 2.86. The van der Waals surface area contributed by atoms with Gasteiger partial charge in [-0.1, -0.05) is 71.1 Å². The van der Waals surface area contributed by atoms with E-state index in [0.29, 0.717) is 0 Å². The van der Waals surface area contributed by atoms with Gasteiger partial charge in [-0.15, -0.1) is 0 Å². The Hall–Kier alpha value is -1.60. The average Bonchev–Trinajstić information content (AvgIpc) is 2.39. The summed E-state index contributed by atoms with van der Waals surface area (Å²) >= 11 is 3.56. The number of rotatable bonds is 1. The fraction of sp³-hybridized carbons (Fsp3) is 0.0588. The molecule has 0 aliphatic heterocycles. The van der Waals surface area contributed by atoms with Gasteiger partial charge in [0.25, 0.3) is 0 Å². The molecule has 0 amide bonds. The first-order valence-corrected chi connectivity index (χ1v) is 6.76. The van der Waals surface area contributed by atoms with Gasteiger partial charge in [-0.25, -0.2) is 0 Å². The van der Waals surface area contributed by atoms with Gasteiger partial charge < -0.3 is 0 Å². The standard InChI is InChI=1S/C17H13Br/c1-12-7-8-13-9-10-15(18)11-16(13)17(12)14-5-3-2-4-6-14/h2-11,17H,1H2/t17-/m1/s1. The van der Waals surface area contributed by atoms with Crippen LogP contribution >= 0.6 is 15.9 Å². The van der Waals surface area contributed by atoms with Crippen LogP contribution in [0.15, 0.2) is 71.2 Å². The molecule has 2 aromatic carbocycles. The van der Waals surface area contributed by atoms with Gasteiger partial charge in [-0.3, -0.25) is 0 Å². The molecule has 0 fully saturated rings. The van der Waals surface area contributed by atoms with Gasteiger partial charge in [-0.05, 0) is 34.4 Å². The SMILES string of the molecule is C=C1C=Cc2ccc(Br)cc2[C@H]1c1ccccc1. The topological polar surface area (TPSA) is 0 Å². The molecule has 1 aliphatic rings. The number of halogens is 1. The Morgan fingerprint density at radius 3 is 2.50 bits per heavy atom.